The van der Waals surface area contributed by atoms with E-state index in [4.69, 9.17) is 21.1 Å². The Hall–Kier alpha value is -2.40. The Morgan fingerprint density at radius 2 is 1.68 bits per heavy atom. The topological polar surface area (TPSA) is 37.3 Å². The van der Waals surface area contributed by atoms with E-state index in [2.05, 4.69) is 27.1 Å². The van der Waals surface area contributed by atoms with Crippen LogP contribution in [0.4, 0.5) is 5.69 Å². The third kappa shape index (κ3) is 4.17. The van der Waals surface area contributed by atoms with Crippen LogP contribution in [-0.2, 0) is 0 Å². The number of piperazine rings is 1. The SMILES string of the molecule is COc1cccc(/C=N/N2CCN(c3ccc(Cl)cc3)CC2)c1OC. The summed E-state index contributed by atoms with van der Waals surface area (Å²) in [5.41, 5.74) is 2.10. The van der Waals surface area contributed by atoms with Gasteiger partial charge in [-0.05, 0) is 36.4 Å². The van der Waals surface area contributed by atoms with Gasteiger partial charge in [-0.1, -0.05) is 17.7 Å². The summed E-state index contributed by atoms with van der Waals surface area (Å²) in [6.45, 7) is 3.58. The fourth-order valence-electron chi connectivity index (χ4n) is 2.88. The maximum atomic E-state index is 5.95. The van der Waals surface area contributed by atoms with Crippen LogP contribution in [0, 0.1) is 0 Å². The van der Waals surface area contributed by atoms with Gasteiger partial charge in [0.1, 0.15) is 0 Å². The lowest BCUT2D eigenvalue weighted by Crippen LogP contribution is -2.44. The molecule has 0 atom stereocenters. The van der Waals surface area contributed by atoms with Crippen molar-refractivity contribution in [3.05, 3.63) is 53.1 Å². The molecule has 0 aliphatic carbocycles. The Bertz CT molecular complexity index is 726. The molecule has 6 heteroatoms. The maximum Gasteiger partial charge on any atom is 0.169 e. The van der Waals surface area contributed by atoms with Gasteiger partial charge in [-0.2, -0.15) is 5.10 Å². The minimum atomic E-state index is 0.702. The van der Waals surface area contributed by atoms with Crippen LogP contribution in [0.15, 0.2) is 47.6 Å². The van der Waals surface area contributed by atoms with Crippen LogP contribution >= 0.6 is 11.6 Å². The predicted molar refractivity (Wildman–Crippen MR) is 102 cm³/mol. The molecule has 1 fully saturated rings. The van der Waals surface area contributed by atoms with E-state index in [9.17, 15) is 0 Å². The smallest absolute Gasteiger partial charge is 0.169 e. The number of ether oxygens (including phenoxy) is 2. The summed E-state index contributed by atoms with van der Waals surface area (Å²) in [5, 5.41) is 7.44. The molecule has 5 nitrogen and oxygen atoms in total. The first-order valence-corrected chi connectivity index (χ1v) is 8.59. The predicted octanol–water partition coefficient (Wildman–Crippen LogP) is 3.51. The molecule has 0 spiro atoms. The fourth-order valence-corrected chi connectivity index (χ4v) is 3.00. The van der Waals surface area contributed by atoms with E-state index in [1.54, 1.807) is 14.2 Å². The lowest BCUT2D eigenvalue weighted by molar-refractivity contribution is 0.272. The number of benzene rings is 2. The molecule has 132 valence electrons. The second kappa shape index (κ2) is 8.12. The Morgan fingerprint density at radius 1 is 0.960 bits per heavy atom. The number of rotatable bonds is 5. The molecule has 1 saturated heterocycles. The number of methoxy groups -OCH3 is 2. The standard InChI is InChI=1S/C19H22ClN3O2/c1-24-18-5-3-4-15(19(18)25-2)14-21-23-12-10-22(11-13-23)17-8-6-16(20)7-9-17/h3-9,14H,10-13H2,1-2H3/b21-14+. The zero-order valence-electron chi connectivity index (χ0n) is 14.5. The minimum Gasteiger partial charge on any atom is -0.493 e. The van der Waals surface area contributed by atoms with Crippen molar-refractivity contribution in [2.75, 3.05) is 45.3 Å². The van der Waals surface area contributed by atoms with Gasteiger partial charge in [0.15, 0.2) is 11.5 Å². The summed E-state index contributed by atoms with van der Waals surface area (Å²) in [5.74, 6) is 1.41. The van der Waals surface area contributed by atoms with Gasteiger partial charge in [-0.3, -0.25) is 5.01 Å². The fraction of sp³-hybridized carbons (Fsp3) is 0.316. The average molecular weight is 360 g/mol. The molecule has 0 radical (unpaired) electrons. The third-order valence-corrected chi connectivity index (χ3v) is 4.49. The number of anilines is 1. The Kier molecular flexibility index (Phi) is 5.66. The van der Waals surface area contributed by atoms with E-state index in [-0.39, 0.29) is 0 Å². The van der Waals surface area contributed by atoms with E-state index >= 15 is 0 Å². The molecule has 1 aliphatic heterocycles. The summed E-state index contributed by atoms with van der Waals surface area (Å²) < 4.78 is 10.8. The molecule has 0 bridgehead atoms. The van der Waals surface area contributed by atoms with E-state index in [1.807, 2.05) is 36.5 Å². The monoisotopic (exact) mass is 359 g/mol. The average Bonchev–Trinajstić information content (AvgIpc) is 2.67. The highest BCUT2D eigenvalue weighted by atomic mass is 35.5. The van der Waals surface area contributed by atoms with Crippen LogP contribution in [-0.4, -0.2) is 51.6 Å². The number of hydrogen-bond acceptors (Lipinski definition) is 5. The van der Waals surface area contributed by atoms with Gasteiger partial charge < -0.3 is 14.4 Å². The largest absolute Gasteiger partial charge is 0.493 e. The first kappa shape index (κ1) is 17.4. The highest BCUT2D eigenvalue weighted by molar-refractivity contribution is 6.30. The van der Waals surface area contributed by atoms with Crippen LogP contribution in [0.1, 0.15) is 5.56 Å². The lowest BCUT2D eigenvalue weighted by atomic mass is 10.2. The number of hydrogen-bond donors (Lipinski definition) is 0. The maximum absolute atomic E-state index is 5.95. The van der Waals surface area contributed by atoms with Gasteiger partial charge >= 0.3 is 0 Å². The van der Waals surface area contributed by atoms with Crippen molar-refractivity contribution >= 4 is 23.5 Å². The van der Waals surface area contributed by atoms with Gasteiger partial charge in [-0.15, -0.1) is 0 Å². The van der Waals surface area contributed by atoms with Crippen molar-refractivity contribution in [3.63, 3.8) is 0 Å². The zero-order valence-corrected chi connectivity index (χ0v) is 15.2. The van der Waals surface area contributed by atoms with E-state index < -0.39 is 0 Å². The minimum absolute atomic E-state index is 0.702. The van der Waals surface area contributed by atoms with Crippen molar-refractivity contribution in [3.8, 4) is 11.5 Å². The van der Waals surface area contributed by atoms with E-state index in [1.165, 1.54) is 5.69 Å². The molecule has 0 N–H and O–H groups in total. The molecule has 25 heavy (non-hydrogen) atoms. The normalized spacial score (nSPS) is 14.8. The van der Waals surface area contributed by atoms with Gasteiger partial charge in [0, 0.05) is 29.4 Å². The van der Waals surface area contributed by atoms with Gasteiger partial charge in [0.25, 0.3) is 0 Å². The van der Waals surface area contributed by atoms with Crippen LogP contribution < -0.4 is 14.4 Å². The van der Waals surface area contributed by atoms with Crippen LogP contribution in [0.25, 0.3) is 0 Å². The zero-order chi connectivity index (χ0) is 17.6. The molecule has 1 heterocycles. The first-order chi connectivity index (χ1) is 12.2. The van der Waals surface area contributed by atoms with Crippen molar-refractivity contribution in [2.45, 2.75) is 0 Å². The molecule has 0 saturated carbocycles. The van der Waals surface area contributed by atoms with Crippen molar-refractivity contribution in [1.29, 1.82) is 0 Å². The van der Waals surface area contributed by atoms with Crippen LogP contribution in [0.5, 0.6) is 11.5 Å². The highest BCUT2D eigenvalue weighted by Crippen LogP contribution is 2.29. The second-order valence-electron chi connectivity index (χ2n) is 5.74. The quantitative estimate of drug-likeness (QED) is 0.765. The molecular formula is C19H22ClN3O2. The molecular weight excluding hydrogens is 338 g/mol. The summed E-state index contributed by atoms with van der Waals surface area (Å²) in [7, 11) is 3.27. The summed E-state index contributed by atoms with van der Waals surface area (Å²) >= 11 is 5.95. The molecule has 0 amide bonds. The number of nitrogens with zero attached hydrogens (tertiary/aromatic N) is 3. The highest BCUT2D eigenvalue weighted by Gasteiger charge is 2.16. The van der Waals surface area contributed by atoms with Gasteiger partial charge in [-0.25, -0.2) is 0 Å². The first-order valence-electron chi connectivity index (χ1n) is 8.21. The Balaban J connectivity index is 1.62. The van der Waals surface area contributed by atoms with Crippen LogP contribution in [0.3, 0.4) is 0 Å². The summed E-state index contributed by atoms with van der Waals surface area (Å²) in [6.07, 6.45) is 1.83. The molecule has 0 unspecified atom stereocenters. The van der Waals surface area contributed by atoms with Crippen molar-refractivity contribution < 1.29 is 9.47 Å². The molecule has 0 aromatic heterocycles. The van der Waals surface area contributed by atoms with E-state index in [0.717, 1.165) is 36.8 Å². The third-order valence-electron chi connectivity index (χ3n) is 4.24. The Morgan fingerprint density at radius 3 is 2.32 bits per heavy atom. The van der Waals surface area contributed by atoms with Gasteiger partial charge in [0.05, 0.1) is 33.5 Å². The van der Waals surface area contributed by atoms with Crippen molar-refractivity contribution in [1.82, 2.24) is 5.01 Å². The van der Waals surface area contributed by atoms with Crippen molar-refractivity contribution in [2.24, 2.45) is 5.10 Å². The van der Waals surface area contributed by atoms with Crippen LogP contribution in [0.2, 0.25) is 5.02 Å². The van der Waals surface area contributed by atoms with Gasteiger partial charge in [0.2, 0.25) is 0 Å². The van der Waals surface area contributed by atoms with E-state index in [0.29, 0.717) is 11.5 Å². The lowest BCUT2D eigenvalue weighted by Gasteiger charge is -2.34. The second-order valence-corrected chi connectivity index (χ2v) is 6.18. The number of hydrazone groups is 1. The molecule has 2 aromatic rings. The summed E-state index contributed by atoms with van der Waals surface area (Å²) in [4.78, 5) is 2.34. The summed E-state index contributed by atoms with van der Waals surface area (Å²) in [6, 6.07) is 13.7. The number of halogens is 1. The number of para-hydroxylation sites is 1. The molecule has 1 aliphatic rings. The molecule has 2 aromatic carbocycles. The Labute approximate surface area is 153 Å². The molecule has 3 rings (SSSR count).